The molecule has 0 fully saturated rings. The van der Waals surface area contributed by atoms with E-state index in [0.717, 1.165) is 12.1 Å². The molecular weight excluding hydrogens is 453 g/mol. The van der Waals surface area contributed by atoms with E-state index in [2.05, 4.69) is 10.6 Å². The Balaban J connectivity index is 1.86. The molecular formula is C21H22ClF3N2O3S. The maximum Gasteiger partial charge on any atom is 0.416 e. The first-order chi connectivity index (χ1) is 14.7. The van der Waals surface area contributed by atoms with E-state index in [0.29, 0.717) is 12.2 Å². The highest BCUT2D eigenvalue weighted by atomic mass is 35.5. The highest BCUT2D eigenvalue weighted by Gasteiger charge is 2.30. The minimum absolute atomic E-state index is 0.0603. The van der Waals surface area contributed by atoms with E-state index >= 15 is 0 Å². The van der Waals surface area contributed by atoms with Crippen LogP contribution in [-0.4, -0.2) is 43.0 Å². The fourth-order valence-electron chi connectivity index (χ4n) is 2.59. The van der Waals surface area contributed by atoms with E-state index in [4.69, 9.17) is 16.3 Å². The summed E-state index contributed by atoms with van der Waals surface area (Å²) in [5.74, 6) is 0.0784. The molecule has 10 heteroatoms. The molecule has 2 amide bonds. The molecule has 31 heavy (non-hydrogen) atoms. The molecule has 1 atom stereocenters. The normalized spacial score (nSPS) is 12.2. The van der Waals surface area contributed by atoms with Crippen molar-refractivity contribution in [3.8, 4) is 5.75 Å². The standard InChI is InChI=1S/C21H22ClF3N2O3S/c1-31-13-10-18(27-19(28)16-4-2-3-5-17(16)22)20(29)26-11-12-30-15-8-6-14(7-9-15)21(23,24)25/h2-9,18H,10-13H2,1H3,(H,26,29)(H,27,28). The summed E-state index contributed by atoms with van der Waals surface area (Å²) in [6, 6.07) is 10.1. The topological polar surface area (TPSA) is 67.4 Å². The van der Waals surface area contributed by atoms with Crippen molar-refractivity contribution in [1.29, 1.82) is 0 Å². The zero-order valence-electron chi connectivity index (χ0n) is 16.7. The highest BCUT2D eigenvalue weighted by molar-refractivity contribution is 7.98. The van der Waals surface area contributed by atoms with Crippen molar-refractivity contribution in [2.75, 3.05) is 25.2 Å². The average Bonchev–Trinajstić information content (AvgIpc) is 2.74. The second-order valence-electron chi connectivity index (χ2n) is 6.45. The van der Waals surface area contributed by atoms with Crippen molar-refractivity contribution in [3.63, 3.8) is 0 Å². The lowest BCUT2D eigenvalue weighted by atomic mass is 10.1. The lowest BCUT2D eigenvalue weighted by Crippen LogP contribution is -2.48. The van der Waals surface area contributed by atoms with Crippen LogP contribution in [0.1, 0.15) is 22.3 Å². The Kier molecular flexibility index (Phi) is 9.51. The zero-order chi connectivity index (χ0) is 22.9. The highest BCUT2D eigenvalue weighted by Crippen LogP contribution is 2.30. The van der Waals surface area contributed by atoms with Crippen LogP contribution in [0.3, 0.4) is 0 Å². The lowest BCUT2D eigenvalue weighted by Gasteiger charge is -2.18. The van der Waals surface area contributed by atoms with E-state index in [1.54, 1.807) is 24.3 Å². The van der Waals surface area contributed by atoms with Gasteiger partial charge in [-0.05, 0) is 54.8 Å². The van der Waals surface area contributed by atoms with Gasteiger partial charge in [-0.1, -0.05) is 23.7 Å². The number of halogens is 4. The molecule has 2 aromatic rings. The largest absolute Gasteiger partial charge is 0.492 e. The minimum atomic E-state index is -4.41. The van der Waals surface area contributed by atoms with Crippen LogP contribution in [0, 0.1) is 0 Å². The number of thioether (sulfide) groups is 1. The number of rotatable bonds is 10. The Morgan fingerprint density at radius 3 is 2.42 bits per heavy atom. The molecule has 2 N–H and O–H groups in total. The Hall–Kier alpha value is -2.39. The third-order valence-electron chi connectivity index (χ3n) is 4.20. The Labute approximate surface area is 187 Å². The predicted molar refractivity (Wildman–Crippen MR) is 116 cm³/mol. The fraction of sp³-hybridized carbons (Fsp3) is 0.333. The number of hydrogen-bond acceptors (Lipinski definition) is 4. The van der Waals surface area contributed by atoms with Crippen LogP contribution in [0.4, 0.5) is 13.2 Å². The molecule has 0 saturated heterocycles. The number of benzene rings is 2. The van der Waals surface area contributed by atoms with E-state index in [9.17, 15) is 22.8 Å². The molecule has 5 nitrogen and oxygen atoms in total. The van der Waals surface area contributed by atoms with Crippen molar-refractivity contribution < 1.29 is 27.5 Å². The SMILES string of the molecule is CSCCC(NC(=O)c1ccccc1Cl)C(=O)NCCOc1ccc(C(F)(F)F)cc1. The first kappa shape index (κ1) is 24.9. The number of hydrogen-bond donors (Lipinski definition) is 2. The molecule has 168 valence electrons. The van der Waals surface area contributed by atoms with Gasteiger partial charge in [-0.25, -0.2) is 0 Å². The molecule has 0 bridgehead atoms. The molecule has 0 radical (unpaired) electrons. The number of carbonyl (C=O) groups excluding carboxylic acids is 2. The zero-order valence-corrected chi connectivity index (χ0v) is 18.2. The summed E-state index contributed by atoms with van der Waals surface area (Å²) in [6.45, 7) is 0.183. The van der Waals surface area contributed by atoms with Crippen molar-refractivity contribution in [3.05, 3.63) is 64.7 Å². The number of amides is 2. The van der Waals surface area contributed by atoms with Crippen LogP contribution in [-0.2, 0) is 11.0 Å². The van der Waals surface area contributed by atoms with Gasteiger partial charge in [-0.2, -0.15) is 24.9 Å². The average molecular weight is 475 g/mol. The fourth-order valence-corrected chi connectivity index (χ4v) is 3.29. The van der Waals surface area contributed by atoms with Gasteiger partial charge < -0.3 is 15.4 Å². The minimum Gasteiger partial charge on any atom is -0.492 e. The lowest BCUT2D eigenvalue weighted by molar-refractivity contribution is -0.137. The van der Waals surface area contributed by atoms with Gasteiger partial charge in [0.2, 0.25) is 5.91 Å². The summed E-state index contributed by atoms with van der Waals surface area (Å²) in [5.41, 5.74) is -0.490. The van der Waals surface area contributed by atoms with Crippen LogP contribution in [0.15, 0.2) is 48.5 Å². The Morgan fingerprint density at radius 2 is 1.81 bits per heavy atom. The monoisotopic (exact) mass is 474 g/mol. The van der Waals surface area contributed by atoms with Gasteiger partial charge in [0.05, 0.1) is 22.7 Å². The van der Waals surface area contributed by atoms with Crippen molar-refractivity contribution in [2.45, 2.75) is 18.6 Å². The molecule has 2 rings (SSSR count). The molecule has 2 aromatic carbocycles. The summed E-state index contributed by atoms with van der Waals surface area (Å²) < 4.78 is 43.1. The van der Waals surface area contributed by atoms with Crippen molar-refractivity contribution >= 4 is 35.2 Å². The second kappa shape index (κ2) is 11.9. The molecule has 0 saturated carbocycles. The third kappa shape index (κ3) is 7.99. The van der Waals surface area contributed by atoms with Gasteiger partial charge >= 0.3 is 6.18 Å². The number of alkyl halides is 3. The van der Waals surface area contributed by atoms with E-state index in [1.165, 1.54) is 23.9 Å². The molecule has 0 spiro atoms. The van der Waals surface area contributed by atoms with Crippen molar-refractivity contribution in [1.82, 2.24) is 10.6 Å². The first-order valence-electron chi connectivity index (χ1n) is 9.34. The summed E-state index contributed by atoms with van der Waals surface area (Å²) in [7, 11) is 0. The number of carbonyl (C=O) groups is 2. The molecule has 0 aromatic heterocycles. The quantitative estimate of drug-likeness (QED) is 0.501. The molecule has 0 aliphatic rings. The van der Waals surface area contributed by atoms with Crippen LogP contribution in [0.5, 0.6) is 5.75 Å². The first-order valence-corrected chi connectivity index (χ1v) is 11.1. The van der Waals surface area contributed by atoms with Gasteiger partial charge in [-0.15, -0.1) is 0 Å². The van der Waals surface area contributed by atoms with Crippen LogP contribution >= 0.6 is 23.4 Å². The molecule has 1 unspecified atom stereocenters. The number of nitrogens with one attached hydrogen (secondary N) is 2. The smallest absolute Gasteiger partial charge is 0.416 e. The van der Waals surface area contributed by atoms with Crippen molar-refractivity contribution in [2.24, 2.45) is 0 Å². The van der Waals surface area contributed by atoms with E-state index in [1.807, 2.05) is 6.26 Å². The van der Waals surface area contributed by atoms with Gasteiger partial charge in [0.15, 0.2) is 0 Å². The van der Waals surface area contributed by atoms with E-state index in [-0.39, 0.29) is 35.4 Å². The second-order valence-corrected chi connectivity index (χ2v) is 7.84. The maximum atomic E-state index is 12.6. The molecule has 0 aliphatic carbocycles. The third-order valence-corrected chi connectivity index (χ3v) is 5.18. The summed E-state index contributed by atoms with van der Waals surface area (Å²) in [4.78, 5) is 25.0. The Morgan fingerprint density at radius 1 is 1.13 bits per heavy atom. The molecule has 0 heterocycles. The summed E-state index contributed by atoms with van der Waals surface area (Å²) in [6.07, 6.45) is -2.10. The predicted octanol–water partition coefficient (Wildman–Crippen LogP) is 4.41. The van der Waals surface area contributed by atoms with Gasteiger partial charge in [0.1, 0.15) is 18.4 Å². The van der Waals surface area contributed by atoms with E-state index < -0.39 is 23.7 Å². The molecule has 0 aliphatic heterocycles. The van der Waals surface area contributed by atoms with Gasteiger partial charge in [0, 0.05) is 0 Å². The van der Waals surface area contributed by atoms with Crippen LogP contribution in [0.2, 0.25) is 5.02 Å². The van der Waals surface area contributed by atoms with Crippen LogP contribution < -0.4 is 15.4 Å². The number of ether oxygens (including phenoxy) is 1. The van der Waals surface area contributed by atoms with Gasteiger partial charge in [0.25, 0.3) is 5.91 Å². The van der Waals surface area contributed by atoms with Gasteiger partial charge in [-0.3, -0.25) is 9.59 Å². The summed E-state index contributed by atoms with van der Waals surface area (Å²) >= 11 is 7.58. The maximum absolute atomic E-state index is 12.6. The Bertz CT molecular complexity index is 879. The summed E-state index contributed by atoms with van der Waals surface area (Å²) in [5, 5.41) is 5.65. The van der Waals surface area contributed by atoms with Crippen LogP contribution in [0.25, 0.3) is 0 Å².